The molecule has 3 N–H and O–H groups in total. The SMILES string of the molecule is CCc1ccc(NC(=O)NCCC(C)O)cc1. The first-order valence-corrected chi connectivity index (χ1v) is 5.93. The second-order valence-electron chi connectivity index (χ2n) is 4.07. The maximum Gasteiger partial charge on any atom is 0.319 e. The Morgan fingerprint density at radius 3 is 2.53 bits per heavy atom. The molecule has 1 unspecified atom stereocenters. The average molecular weight is 236 g/mol. The van der Waals surface area contributed by atoms with Gasteiger partial charge in [-0.3, -0.25) is 0 Å². The molecule has 0 heterocycles. The second-order valence-corrected chi connectivity index (χ2v) is 4.07. The summed E-state index contributed by atoms with van der Waals surface area (Å²) in [6.07, 6.45) is 1.16. The minimum absolute atomic E-state index is 0.241. The smallest absolute Gasteiger partial charge is 0.319 e. The molecule has 0 aromatic heterocycles. The molecule has 0 aliphatic rings. The number of carbonyl (C=O) groups excluding carboxylic acids is 1. The highest BCUT2D eigenvalue weighted by atomic mass is 16.3. The predicted octanol–water partition coefficient (Wildman–Crippen LogP) is 2.14. The van der Waals surface area contributed by atoms with E-state index in [4.69, 9.17) is 5.11 Å². The minimum Gasteiger partial charge on any atom is -0.393 e. The Morgan fingerprint density at radius 1 is 1.35 bits per heavy atom. The number of nitrogens with one attached hydrogen (secondary N) is 2. The van der Waals surface area contributed by atoms with Gasteiger partial charge in [0.25, 0.3) is 0 Å². The van der Waals surface area contributed by atoms with E-state index in [1.54, 1.807) is 6.92 Å². The van der Waals surface area contributed by atoms with E-state index in [9.17, 15) is 4.79 Å². The maximum absolute atomic E-state index is 11.4. The summed E-state index contributed by atoms with van der Waals surface area (Å²) < 4.78 is 0. The van der Waals surface area contributed by atoms with Crippen LogP contribution in [0.15, 0.2) is 24.3 Å². The zero-order valence-electron chi connectivity index (χ0n) is 10.4. The van der Waals surface area contributed by atoms with Crippen LogP contribution in [0.3, 0.4) is 0 Å². The summed E-state index contributed by atoms with van der Waals surface area (Å²) >= 11 is 0. The summed E-state index contributed by atoms with van der Waals surface area (Å²) in [6.45, 7) is 4.25. The number of carbonyl (C=O) groups is 1. The standard InChI is InChI=1S/C13H20N2O2/c1-3-11-4-6-12(7-5-11)15-13(17)14-9-8-10(2)16/h4-7,10,16H,3,8-9H2,1-2H3,(H2,14,15,17). The third-order valence-corrected chi connectivity index (χ3v) is 2.47. The number of amides is 2. The number of aliphatic hydroxyl groups excluding tert-OH is 1. The summed E-state index contributed by atoms with van der Waals surface area (Å²) in [6, 6.07) is 7.51. The van der Waals surface area contributed by atoms with Crippen LogP contribution in [0.4, 0.5) is 10.5 Å². The monoisotopic (exact) mass is 236 g/mol. The number of anilines is 1. The number of urea groups is 1. The lowest BCUT2D eigenvalue weighted by molar-refractivity contribution is 0.184. The first-order valence-electron chi connectivity index (χ1n) is 5.93. The van der Waals surface area contributed by atoms with E-state index in [2.05, 4.69) is 17.6 Å². The van der Waals surface area contributed by atoms with Gasteiger partial charge in [-0.05, 0) is 37.5 Å². The van der Waals surface area contributed by atoms with Crippen LogP contribution in [0.1, 0.15) is 25.8 Å². The molecule has 4 nitrogen and oxygen atoms in total. The van der Waals surface area contributed by atoms with Gasteiger partial charge < -0.3 is 15.7 Å². The van der Waals surface area contributed by atoms with Crippen molar-refractivity contribution in [1.29, 1.82) is 0 Å². The van der Waals surface area contributed by atoms with Gasteiger partial charge in [-0.1, -0.05) is 19.1 Å². The predicted molar refractivity (Wildman–Crippen MR) is 69.1 cm³/mol. The number of benzene rings is 1. The summed E-state index contributed by atoms with van der Waals surface area (Å²) in [4.78, 5) is 11.4. The Hall–Kier alpha value is -1.55. The van der Waals surface area contributed by atoms with Crippen LogP contribution in [0.25, 0.3) is 0 Å². The molecule has 0 aliphatic carbocycles. The van der Waals surface area contributed by atoms with Gasteiger partial charge in [0.2, 0.25) is 0 Å². The zero-order valence-corrected chi connectivity index (χ0v) is 10.4. The van der Waals surface area contributed by atoms with Crippen molar-refractivity contribution in [2.24, 2.45) is 0 Å². The highest BCUT2D eigenvalue weighted by molar-refractivity contribution is 5.89. The molecule has 1 atom stereocenters. The average Bonchev–Trinajstić information content (AvgIpc) is 2.29. The van der Waals surface area contributed by atoms with Gasteiger partial charge in [0.15, 0.2) is 0 Å². The van der Waals surface area contributed by atoms with Crippen molar-refractivity contribution in [3.8, 4) is 0 Å². The minimum atomic E-state index is -0.390. The topological polar surface area (TPSA) is 61.4 Å². The van der Waals surface area contributed by atoms with Gasteiger partial charge in [0.1, 0.15) is 0 Å². The van der Waals surface area contributed by atoms with E-state index >= 15 is 0 Å². The first-order chi connectivity index (χ1) is 8.11. The molecule has 0 saturated carbocycles. The molecule has 4 heteroatoms. The normalized spacial score (nSPS) is 11.9. The van der Waals surface area contributed by atoms with Crippen LogP contribution in [-0.2, 0) is 6.42 Å². The second kappa shape index (κ2) is 6.91. The van der Waals surface area contributed by atoms with Crippen molar-refractivity contribution in [2.75, 3.05) is 11.9 Å². The molecule has 2 amide bonds. The molecule has 1 aromatic carbocycles. The quantitative estimate of drug-likeness (QED) is 0.733. The maximum atomic E-state index is 11.4. The van der Waals surface area contributed by atoms with Crippen molar-refractivity contribution < 1.29 is 9.90 Å². The molecule has 0 bridgehead atoms. The first kappa shape index (κ1) is 13.5. The largest absolute Gasteiger partial charge is 0.393 e. The fraction of sp³-hybridized carbons (Fsp3) is 0.462. The van der Waals surface area contributed by atoms with Gasteiger partial charge in [0, 0.05) is 12.2 Å². The summed E-state index contributed by atoms with van der Waals surface area (Å²) in [5.41, 5.74) is 2.02. The summed E-state index contributed by atoms with van der Waals surface area (Å²) in [5.74, 6) is 0. The highest BCUT2D eigenvalue weighted by Gasteiger charge is 2.02. The molecule has 1 rings (SSSR count). The number of aryl methyl sites for hydroxylation is 1. The van der Waals surface area contributed by atoms with Crippen LogP contribution in [0.2, 0.25) is 0 Å². The molecule has 0 fully saturated rings. The van der Waals surface area contributed by atoms with Crippen molar-refractivity contribution >= 4 is 11.7 Å². The molecular weight excluding hydrogens is 216 g/mol. The Labute approximate surface area is 102 Å². The molecule has 0 aliphatic heterocycles. The molecular formula is C13H20N2O2. The van der Waals surface area contributed by atoms with Gasteiger partial charge >= 0.3 is 6.03 Å². The van der Waals surface area contributed by atoms with E-state index in [1.165, 1.54) is 5.56 Å². The van der Waals surface area contributed by atoms with Gasteiger partial charge in [-0.25, -0.2) is 4.79 Å². The third kappa shape index (κ3) is 5.36. The number of aliphatic hydroxyl groups is 1. The molecule has 94 valence electrons. The van der Waals surface area contributed by atoms with Crippen LogP contribution >= 0.6 is 0 Å². The Kier molecular flexibility index (Phi) is 5.49. The fourth-order valence-corrected chi connectivity index (χ4v) is 1.39. The third-order valence-electron chi connectivity index (χ3n) is 2.47. The Morgan fingerprint density at radius 2 is 2.00 bits per heavy atom. The van der Waals surface area contributed by atoms with Crippen LogP contribution in [0.5, 0.6) is 0 Å². The van der Waals surface area contributed by atoms with Crippen molar-refractivity contribution in [3.05, 3.63) is 29.8 Å². The van der Waals surface area contributed by atoms with Gasteiger partial charge in [-0.15, -0.1) is 0 Å². The highest BCUT2D eigenvalue weighted by Crippen LogP contribution is 2.09. The lowest BCUT2D eigenvalue weighted by Gasteiger charge is -2.09. The number of rotatable bonds is 5. The van der Waals surface area contributed by atoms with E-state index in [0.29, 0.717) is 13.0 Å². The van der Waals surface area contributed by atoms with Crippen LogP contribution in [-0.4, -0.2) is 23.8 Å². The lowest BCUT2D eigenvalue weighted by Crippen LogP contribution is -2.30. The van der Waals surface area contributed by atoms with E-state index in [-0.39, 0.29) is 12.1 Å². The molecule has 0 saturated heterocycles. The van der Waals surface area contributed by atoms with E-state index < -0.39 is 0 Å². The number of hydrogen-bond donors (Lipinski definition) is 3. The molecule has 1 aromatic rings. The molecule has 0 spiro atoms. The Balaban J connectivity index is 2.34. The van der Waals surface area contributed by atoms with E-state index in [0.717, 1.165) is 12.1 Å². The summed E-state index contributed by atoms with van der Waals surface area (Å²) in [7, 11) is 0. The fourth-order valence-electron chi connectivity index (χ4n) is 1.39. The molecule has 0 radical (unpaired) electrons. The molecule has 17 heavy (non-hydrogen) atoms. The summed E-state index contributed by atoms with van der Waals surface area (Å²) in [5, 5.41) is 14.5. The number of hydrogen-bond acceptors (Lipinski definition) is 2. The van der Waals surface area contributed by atoms with Crippen molar-refractivity contribution in [2.45, 2.75) is 32.8 Å². The zero-order chi connectivity index (χ0) is 12.7. The van der Waals surface area contributed by atoms with Crippen LogP contribution < -0.4 is 10.6 Å². The van der Waals surface area contributed by atoms with Crippen LogP contribution in [0, 0.1) is 0 Å². The van der Waals surface area contributed by atoms with Crippen molar-refractivity contribution in [3.63, 3.8) is 0 Å². The van der Waals surface area contributed by atoms with Gasteiger partial charge in [0.05, 0.1) is 6.10 Å². The Bertz CT molecular complexity index is 347. The van der Waals surface area contributed by atoms with Gasteiger partial charge in [-0.2, -0.15) is 0 Å². The van der Waals surface area contributed by atoms with Crippen molar-refractivity contribution in [1.82, 2.24) is 5.32 Å². The van der Waals surface area contributed by atoms with E-state index in [1.807, 2.05) is 24.3 Å². The lowest BCUT2D eigenvalue weighted by atomic mass is 10.1.